The standard InChI is InChI=1S/C13H19N5O2/c1-18-7-9(4-11(18)19)16-13(20)10-6-15-17-12(10)8-2-3-14-5-8/h6,8-9,14H,2-5,7H2,1H3,(H,15,17)(H,16,20). The minimum Gasteiger partial charge on any atom is -0.347 e. The highest BCUT2D eigenvalue weighted by Gasteiger charge is 2.30. The molecule has 2 aliphatic heterocycles. The van der Waals surface area contributed by atoms with Gasteiger partial charge in [0, 0.05) is 32.5 Å². The molecule has 3 rings (SSSR count). The summed E-state index contributed by atoms with van der Waals surface area (Å²) in [6, 6.07) is -0.107. The molecular weight excluding hydrogens is 258 g/mol. The second kappa shape index (κ2) is 5.24. The summed E-state index contributed by atoms with van der Waals surface area (Å²) in [7, 11) is 1.75. The van der Waals surface area contributed by atoms with Gasteiger partial charge in [-0.2, -0.15) is 5.10 Å². The van der Waals surface area contributed by atoms with Crippen molar-refractivity contribution in [2.75, 3.05) is 26.7 Å². The van der Waals surface area contributed by atoms with Crippen LogP contribution in [0.3, 0.4) is 0 Å². The molecule has 2 amide bonds. The minimum absolute atomic E-state index is 0.0720. The maximum atomic E-state index is 12.3. The summed E-state index contributed by atoms with van der Waals surface area (Å²) in [4.78, 5) is 25.4. The van der Waals surface area contributed by atoms with Gasteiger partial charge in [0.05, 0.1) is 23.5 Å². The lowest BCUT2D eigenvalue weighted by atomic mass is 10.0. The number of nitrogens with one attached hydrogen (secondary N) is 3. The summed E-state index contributed by atoms with van der Waals surface area (Å²) in [5.74, 6) is 0.239. The molecule has 2 atom stereocenters. The second-order valence-electron chi connectivity index (χ2n) is 5.54. The van der Waals surface area contributed by atoms with E-state index in [0.717, 1.165) is 25.2 Å². The van der Waals surface area contributed by atoms with Crippen molar-refractivity contribution in [3.8, 4) is 0 Å². The van der Waals surface area contributed by atoms with Gasteiger partial charge < -0.3 is 15.5 Å². The van der Waals surface area contributed by atoms with Crippen molar-refractivity contribution in [1.82, 2.24) is 25.7 Å². The molecule has 0 aliphatic carbocycles. The van der Waals surface area contributed by atoms with E-state index in [1.165, 1.54) is 0 Å². The molecule has 0 radical (unpaired) electrons. The van der Waals surface area contributed by atoms with Crippen LogP contribution in [0, 0.1) is 0 Å². The highest BCUT2D eigenvalue weighted by Crippen LogP contribution is 2.23. The van der Waals surface area contributed by atoms with Gasteiger partial charge >= 0.3 is 0 Å². The number of nitrogens with zero attached hydrogens (tertiary/aromatic N) is 2. The number of carbonyl (C=O) groups excluding carboxylic acids is 2. The van der Waals surface area contributed by atoms with E-state index in [1.54, 1.807) is 18.1 Å². The number of hydrogen-bond acceptors (Lipinski definition) is 4. The quantitative estimate of drug-likeness (QED) is 0.691. The van der Waals surface area contributed by atoms with Crippen LogP contribution in [0.25, 0.3) is 0 Å². The third-order valence-corrected chi connectivity index (χ3v) is 4.06. The molecule has 20 heavy (non-hydrogen) atoms. The lowest BCUT2D eigenvalue weighted by molar-refractivity contribution is -0.126. The largest absolute Gasteiger partial charge is 0.347 e. The highest BCUT2D eigenvalue weighted by molar-refractivity contribution is 5.96. The normalized spacial score (nSPS) is 26.2. The van der Waals surface area contributed by atoms with Gasteiger partial charge in [0.15, 0.2) is 0 Å². The predicted molar refractivity (Wildman–Crippen MR) is 72.3 cm³/mol. The zero-order chi connectivity index (χ0) is 14.1. The Morgan fingerprint density at radius 1 is 1.55 bits per heavy atom. The van der Waals surface area contributed by atoms with Crippen molar-refractivity contribution in [1.29, 1.82) is 0 Å². The van der Waals surface area contributed by atoms with Gasteiger partial charge in [0.2, 0.25) is 5.91 Å². The van der Waals surface area contributed by atoms with E-state index in [-0.39, 0.29) is 17.9 Å². The summed E-state index contributed by atoms with van der Waals surface area (Å²) in [6.45, 7) is 2.41. The van der Waals surface area contributed by atoms with E-state index in [4.69, 9.17) is 0 Å². The molecule has 7 heteroatoms. The van der Waals surface area contributed by atoms with Crippen LogP contribution in [0.2, 0.25) is 0 Å². The molecular formula is C13H19N5O2. The van der Waals surface area contributed by atoms with Crippen molar-refractivity contribution in [3.63, 3.8) is 0 Å². The monoisotopic (exact) mass is 277 g/mol. The van der Waals surface area contributed by atoms with Crippen molar-refractivity contribution in [3.05, 3.63) is 17.5 Å². The van der Waals surface area contributed by atoms with E-state index in [9.17, 15) is 9.59 Å². The number of aromatic nitrogens is 2. The first-order chi connectivity index (χ1) is 9.65. The minimum atomic E-state index is -0.145. The number of amides is 2. The summed E-state index contributed by atoms with van der Waals surface area (Å²) < 4.78 is 0. The number of carbonyl (C=O) groups is 2. The first-order valence-corrected chi connectivity index (χ1v) is 6.94. The Morgan fingerprint density at radius 2 is 2.40 bits per heavy atom. The summed E-state index contributed by atoms with van der Waals surface area (Å²) in [5, 5.41) is 13.1. The molecule has 3 heterocycles. The Balaban J connectivity index is 1.68. The Labute approximate surface area is 117 Å². The third kappa shape index (κ3) is 2.40. The van der Waals surface area contributed by atoms with Gasteiger partial charge in [0.1, 0.15) is 0 Å². The number of likely N-dealkylation sites (tertiary alicyclic amines) is 1. The number of aromatic amines is 1. The Bertz CT molecular complexity index is 521. The van der Waals surface area contributed by atoms with Gasteiger partial charge in [-0.15, -0.1) is 0 Å². The molecule has 2 aliphatic rings. The fourth-order valence-electron chi connectivity index (χ4n) is 2.91. The maximum Gasteiger partial charge on any atom is 0.255 e. The molecule has 0 aromatic carbocycles. The van der Waals surface area contributed by atoms with E-state index in [2.05, 4.69) is 20.8 Å². The van der Waals surface area contributed by atoms with Crippen LogP contribution in [-0.4, -0.2) is 59.6 Å². The Kier molecular flexibility index (Phi) is 3.43. The van der Waals surface area contributed by atoms with Gasteiger partial charge in [-0.3, -0.25) is 14.7 Å². The van der Waals surface area contributed by atoms with Gasteiger partial charge in [-0.05, 0) is 13.0 Å². The van der Waals surface area contributed by atoms with Crippen molar-refractivity contribution < 1.29 is 9.59 Å². The van der Waals surface area contributed by atoms with Gasteiger partial charge in [-0.25, -0.2) is 0 Å². The number of H-pyrrole nitrogens is 1. The van der Waals surface area contributed by atoms with Gasteiger partial charge in [0.25, 0.3) is 5.91 Å². The average molecular weight is 277 g/mol. The van der Waals surface area contributed by atoms with Crippen LogP contribution in [0.5, 0.6) is 0 Å². The van der Waals surface area contributed by atoms with Gasteiger partial charge in [-0.1, -0.05) is 0 Å². The van der Waals surface area contributed by atoms with E-state index in [1.807, 2.05) is 0 Å². The van der Waals surface area contributed by atoms with E-state index >= 15 is 0 Å². The molecule has 0 bridgehead atoms. The molecule has 0 spiro atoms. The topological polar surface area (TPSA) is 90.1 Å². The van der Waals surface area contributed by atoms with Crippen LogP contribution in [0.4, 0.5) is 0 Å². The van der Waals surface area contributed by atoms with Crippen LogP contribution in [0.15, 0.2) is 6.20 Å². The Morgan fingerprint density at radius 3 is 3.05 bits per heavy atom. The predicted octanol–water partition coefficient (Wildman–Crippen LogP) is -0.553. The number of likely N-dealkylation sites (N-methyl/N-ethyl adjacent to an activating group) is 1. The average Bonchev–Trinajstić information content (AvgIpc) is 3.11. The highest BCUT2D eigenvalue weighted by atomic mass is 16.2. The second-order valence-corrected chi connectivity index (χ2v) is 5.54. The van der Waals surface area contributed by atoms with Crippen molar-refractivity contribution >= 4 is 11.8 Å². The molecule has 2 saturated heterocycles. The maximum absolute atomic E-state index is 12.3. The summed E-state index contributed by atoms with van der Waals surface area (Å²) in [5.41, 5.74) is 1.49. The van der Waals surface area contributed by atoms with Crippen LogP contribution < -0.4 is 10.6 Å². The van der Waals surface area contributed by atoms with Crippen LogP contribution >= 0.6 is 0 Å². The van der Waals surface area contributed by atoms with Crippen LogP contribution in [-0.2, 0) is 4.79 Å². The van der Waals surface area contributed by atoms with E-state index in [0.29, 0.717) is 24.4 Å². The molecule has 0 saturated carbocycles. The first kappa shape index (κ1) is 13.1. The lowest BCUT2D eigenvalue weighted by Crippen LogP contribution is -2.36. The van der Waals surface area contributed by atoms with Crippen molar-refractivity contribution in [2.24, 2.45) is 0 Å². The van der Waals surface area contributed by atoms with E-state index < -0.39 is 0 Å². The summed E-state index contributed by atoms with van der Waals surface area (Å²) in [6.07, 6.45) is 2.96. The zero-order valence-corrected chi connectivity index (χ0v) is 11.5. The molecule has 2 unspecified atom stereocenters. The fourth-order valence-corrected chi connectivity index (χ4v) is 2.91. The number of rotatable bonds is 3. The molecule has 1 aromatic rings. The SMILES string of the molecule is CN1CC(NC(=O)c2cn[nH]c2C2CCNC2)CC1=O. The van der Waals surface area contributed by atoms with Crippen molar-refractivity contribution in [2.45, 2.75) is 24.8 Å². The smallest absolute Gasteiger partial charge is 0.255 e. The molecule has 1 aromatic heterocycles. The van der Waals surface area contributed by atoms with Crippen LogP contribution in [0.1, 0.15) is 34.8 Å². The third-order valence-electron chi connectivity index (χ3n) is 4.06. The number of hydrogen-bond donors (Lipinski definition) is 3. The zero-order valence-electron chi connectivity index (χ0n) is 11.5. The fraction of sp³-hybridized carbons (Fsp3) is 0.615. The Hall–Kier alpha value is -1.89. The molecule has 3 N–H and O–H groups in total. The summed E-state index contributed by atoms with van der Waals surface area (Å²) >= 11 is 0. The lowest BCUT2D eigenvalue weighted by Gasteiger charge is -2.13. The molecule has 108 valence electrons. The molecule has 2 fully saturated rings. The first-order valence-electron chi connectivity index (χ1n) is 6.94. The molecule has 7 nitrogen and oxygen atoms in total.